The second kappa shape index (κ2) is 5.57. The van der Waals surface area contributed by atoms with Gasteiger partial charge in [-0.3, -0.25) is 10.2 Å². The van der Waals surface area contributed by atoms with Crippen molar-refractivity contribution < 1.29 is 4.79 Å². The van der Waals surface area contributed by atoms with Gasteiger partial charge in [-0.05, 0) is 38.0 Å². The third kappa shape index (κ3) is 2.69. The summed E-state index contributed by atoms with van der Waals surface area (Å²) in [5.74, 6) is 0.946. The van der Waals surface area contributed by atoms with Crippen LogP contribution in [0.3, 0.4) is 0 Å². The summed E-state index contributed by atoms with van der Waals surface area (Å²) < 4.78 is 0. The zero-order chi connectivity index (χ0) is 12.4. The molecule has 102 valence electrons. The van der Waals surface area contributed by atoms with Crippen LogP contribution in [0.1, 0.15) is 51.4 Å². The highest BCUT2D eigenvalue weighted by molar-refractivity contribution is 5.81. The number of carbonyl (C=O) groups excluding carboxylic acids is 1. The predicted octanol–water partition coefficient (Wildman–Crippen LogP) is 1.42. The van der Waals surface area contributed by atoms with Crippen molar-refractivity contribution in [1.82, 2.24) is 15.8 Å². The first kappa shape index (κ1) is 12.4. The summed E-state index contributed by atoms with van der Waals surface area (Å²) in [5, 5.41) is 5.65. The predicted molar refractivity (Wildman–Crippen MR) is 70.9 cm³/mol. The maximum absolute atomic E-state index is 12.2. The number of fused-ring (bicyclic) bond motifs is 1. The molecule has 1 aliphatic carbocycles. The second-order valence-corrected chi connectivity index (χ2v) is 6.13. The number of amides is 1. The number of carbonyl (C=O) groups is 1. The molecular formula is C14H25N3O. The lowest BCUT2D eigenvalue weighted by atomic mass is 9.85. The van der Waals surface area contributed by atoms with Crippen molar-refractivity contribution in [1.29, 1.82) is 0 Å². The molecule has 2 heterocycles. The van der Waals surface area contributed by atoms with Crippen LogP contribution in [0.25, 0.3) is 0 Å². The van der Waals surface area contributed by atoms with Gasteiger partial charge in [-0.1, -0.05) is 19.3 Å². The highest BCUT2D eigenvalue weighted by Crippen LogP contribution is 2.33. The van der Waals surface area contributed by atoms with Crippen LogP contribution in [0.5, 0.6) is 0 Å². The molecule has 0 aromatic rings. The van der Waals surface area contributed by atoms with Crippen LogP contribution in [-0.4, -0.2) is 36.1 Å². The van der Waals surface area contributed by atoms with E-state index in [0.717, 1.165) is 25.4 Å². The highest BCUT2D eigenvalue weighted by atomic mass is 16.2. The molecule has 2 aliphatic heterocycles. The number of nitrogens with zero attached hydrogens (tertiary/aromatic N) is 1. The number of hydrogen-bond donors (Lipinski definition) is 2. The van der Waals surface area contributed by atoms with Crippen LogP contribution in [0, 0.1) is 5.92 Å². The summed E-state index contributed by atoms with van der Waals surface area (Å²) in [4.78, 5) is 12.2. The topological polar surface area (TPSA) is 44.4 Å². The van der Waals surface area contributed by atoms with E-state index >= 15 is 0 Å². The Morgan fingerprint density at radius 1 is 1.06 bits per heavy atom. The van der Waals surface area contributed by atoms with E-state index in [9.17, 15) is 4.79 Å². The number of nitrogens with one attached hydrogen (secondary N) is 2. The highest BCUT2D eigenvalue weighted by Gasteiger charge is 2.38. The molecule has 1 amide bonds. The van der Waals surface area contributed by atoms with Crippen LogP contribution in [0.2, 0.25) is 0 Å². The van der Waals surface area contributed by atoms with E-state index in [1.54, 1.807) is 0 Å². The maximum Gasteiger partial charge on any atom is 0.251 e. The molecule has 4 nitrogen and oxygen atoms in total. The SMILES string of the molecule is O=C(NN1CCCCC1)C1CC2CCCCC2N1. The van der Waals surface area contributed by atoms with E-state index in [4.69, 9.17) is 0 Å². The fourth-order valence-electron chi connectivity index (χ4n) is 3.76. The van der Waals surface area contributed by atoms with Gasteiger partial charge in [-0.25, -0.2) is 5.01 Å². The summed E-state index contributed by atoms with van der Waals surface area (Å²) in [6.45, 7) is 2.04. The molecule has 3 unspecified atom stereocenters. The van der Waals surface area contributed by atoms with Crippen LogP contribution in [0.15, 0.2) is 0 Å². The van der Waals surface area contributed by atoms with E-state index in [-0.39, 0.29) is 11.9 Å². The molecule has 0 aromatic carbocycles. The van der Waals surface area contributed by atoms with Gasteiger partial charge >= 0.3 is 0 Å². The fraction of sp³-hybridized carbons (Fsp3) is 0.929. The summed E-state index contributed by atoms with van der Waals surface area (Å²) >= 11 is 0. The molecule has 3 aliphatic rings. The summed E-state index contributed by atoms with van der Waals surface area (Å²) in [5.41, 5.74) is 3.10. The Hall–Kier alpha value is -0.610. The lowest BCUT2D eigenvalue weighted by molar-refractivity contribution is -0.128. The largest absolute Gasteiger partial charge is 0.303 e. The Labute approximate surface area is 109 Å². The average Bonchev–Trinajstić information content (AvgIpc) is 2.84. The lowest BCUT2D eigenvalue weighted by Gasteiger charge is -2.28. The molecule has 0 aromatic heterocycles. The van der Waals surface area contributed by atoms with Crippen LogP contribution < -0.4 is 10.7 Å². The van der Waals surface area contributed by atoms with Crippen molar-refractivity contribution >= 4 is 5.91 Å². The first-order valence-electron chi connectivity index (χ1n) is 7.64. The minimum atomic E-state index is 0.0556. The Bertz CT molecular complexity index is 287. The minimum absolute atomic E-state index is 0.0556. The van der Waals surface area contributed by atoms with Gasteiger partial charge in [0.25, 0.3) is 5.91 Å². The van der Waals surface area contributed by atoms with Crippen molar-refractivity contribution in [2.45, 2.75) is 63.5 Å². The van der Waals surface area contributed by atoms with Crippen molar-refractivity contribution in [2.75, 3.05) is 13.1 Å². The summed E-state index contributed by atoms with van der Waals surface area (Å²) in [7, 11) is 0. The molecule has 3 rings (SSSR count). The van der Waals surface area contributed by atoms with Crippen molar-refractivity contribution in [3.63, 3.8) is 0 Å². The Kier molecular flexibility index (Phi) is 3.85. The zero-order valence-corrected chi connectivity index (χ0v) is 11.2. The molecule has 3 fully saturated rings. The summed E-state index contributed by atoms with van der Waals surface area (Å²) in [6, 6.07) is 0.663. The van der Waals surface area contributed by atoms with Crippen molar-refractivity contribution in [3.8, 4) is 0 Å². The monoisotopic (exact) mass is 251 g/mol. The Morgan fingerprint density at radius 3 is 2.61 bits per heavy atom. The van der Waals surface area contributed by atoms with Gasteiger partial charge < -0.3 is 5.32 Å². The van der Waals surface area contributed by atoms with E-state index in [2.05, 4.69) is 15.8 Å². The molecule has 1 saturated carbocycles. The van der Waals surface area contributed by atoms with Crippen LogP contribution in [-0.2, 0) is 4.79 Å². The standard InChI is InChI=1S/C14H25N3O/c18-14(16-17-8-4-1-5-9-17)13-10-11-6-2-3-7-12(11)15-13/h11-13,15H,1-10H2,(H,16,18). The van der Waals surface area contributed by atoms with Gasteiger partial charge in [0.2, 0.25) is 0 Å². The van der Waals surface area contributed by atoms with Crippen molar-refractivity contribution in [2.24, 2.45) is 5.92 Å². The molecule has 18 heavy (non-hydrogen) atoms. The Morgan fingerprint density at radius 2 is 1.83 bits per heavy atom. The lowest BCUT2D eigenvalue weighted by Crippen LogP contribution is -2.51. The smallest absolute Gasteiger partial charge is 0.251 e. The normalized spacial score (nSPS) is 37.2. The van der Waals surface area contributed by atoms with E-state index in [1.807, 2.05) is 0 Å². The third-order valence-electron chi connectivity index (χ3n) is 4.80. The van der Waals surface area contributed by atoms with Gasteiger partial charge in [0.05, 0.1) is 6.04 Å². The van der Waals surface area contributed by atoms with Crippen LogP contribution in [0.4, 0.5) is 0 Å². The fourth-order valence-corrected chi connectivity index (χ4v) is 3.76. The Balaban J connectivity index is 1.50. The molecule has 0 radical (unpaired) electrons. The quantitative estimate of drug-likeness (QED) is 0.780. The molecule has 4 heteroatoms. The first-order valence-corrected chi connectivity index (χ1v) is 7.64. The third-order valence-corrected chi connectivity index (χ3v) is 4.80. The molecule has 3 atom stereocenters. The van der Waals surface area contributed by atoms with Crippen molar-refractivity contribution in [3.05, 3.63) is 0 Å². The van der Waals surface area contributed by atoms with Gasteiger partial charge in [0.1, 0.15) is 0 Å². The van der Waals surface area contributed by atoms with Gasteiger partial charge in [0.15, 0.2) is 0 Å². The second-order valence-electron chi connectivity index (χ2n) is 6.13. The number of piperidine rings is 1. The number of rotatable bonds is 2. The first-order chi connectivity index (χ1) is 8.83. The molecule has 2 N–H and O–H groups in total. The van der Waals surface area contributed by atoms with Gasteiger partial charge in [0, 0.05) is 19.1 Å². The summed E-state index contributed by atoms with van der Waals surface area (Å²) in [6.07, 6.45) is 10.0. The van der Waals surface area contributed by atoms with Gasteiger partial charge in [-0.2, -0.15) is 0 Å². The maximum atomic E-state index is 12.2. The molecule has 0 bridgehead atoms. The minimum Gasteiger partial charge on any atom is -0.303 e. The number of hydrogen-bond acceptors (Lipinski definition) is 3. The molecular weight excluding hydrogens is 226 g/mol. The van der Waals surface area contributed by atoms with Gasteiger partial charge in [-0.15, -0.1) is 0 Å². The molecule has 0 spiro atoms. The van der Waals surface area contributed by atoms with E-state index < -0.39 is 0 Å². The average molecular weight is 251 g/mol. The number of hydrazine groups is 1. The molecule has 2 saturated heterocycles. The van der Waals surface area contributed by atoms with E-state index in [1.165, 1.54) is 44.9 Å². The van der Waals surface area contributed by atoms with E-state index in [0.29, 0.717) is 6.04 Å². The zero-order valence-electron chi connectivity index (χ0n) is 11.2. The van der Waals surface area contributed by atoms with Crippen LogP contribution >= 0.6 is 0 Å².